The molecule has 0 fully saturated rings. The predicted molar refractivity (Wildman–Crippen MR) is 70.3 cm³/mol. The van der Waals surface area contributed by atoms with Crippen molar-refractivity contribution in [2.45, 2.75) is 19.6 Å². The molecule has 1 atom stereocenters. The molecule has 20 heavy (non-hydrogen) atoms. The van der Waals surface area contributed by atoms with Crippen molar-refractivity contribution in [1.29, 1.82) is 5.26 Å². The highest BCUT2D eigenvalue weighted by atomic mass is 19.1. The lowest BCUT2D eigenvalue weighted by molar-refractivity contribution is 0.190. The predicted octanol–water partition coefficient (Wildman–Crippen LogP) is 2.72. The van der Waals surface area contributed by atoms with Crippen molar-refractivity contribution in [2.75, 3.05) is 0 Å². The maximum absolute atomic E-state index is 13.2. The van der Waals surface area contributed by atoms with Gasteiger partial charge in [0, 0.05) is 17.8 Å². The van der Waals surface area contributed by atoms with E-state index in [2.05, 4.69) is 4.98 Å². The average Bonchev–Trinajstić information content (AvgIpc) is 2.45. The minimum Gasteiger partial charge on any atom is -0.488 e. The number of nitrogens with zero attached hydrogens (tertiary/aromatic N) is 2. The van der Waals surface area contributed by atoms with Crippen LogP contribution in [0.2, 0.25) is 0 Å². The van der Waals surface area contributed by atoms with E-state index in [0.29, 0.717) is 11.3 Å². The summed E-state index contributed by atoms with van der Waals surface area (Å²) in [6.07, 6.45) is 0.760. The number of nitriles is 1. The summed E-state index contributed by atoms with van der Waals surface area (Å²) in [6, 6.07) is 9.24. The van der Waals surface area contributed by atoms with Gasteiger partial charge in [0.15, 0.2) is 0 Å². The molecule has 0 radical (unpaired) electrons. The van der Waals surface area contributed by atoms with Crippen LogP contribution < -0.4 is 4.74 Å². The minimum absolute atomic E-state index is 0.167. The van der Waals surface area contributed by atoms with Crippen molar-refractivity contribution in [3.8, 4) is 11.8 Å². The Kier molecular flexibility index (Phi) is 4.28. The molecule has 2 rings (SSSR count). The van der Waals surface area contributed by atoms with Gasteiger partial charge in [-0.2, -0.15) is 5.26 Å². The van der Waals surface area contributed by atoms with Crippen molar-refractivity contribution < 1.29 is 14.2 Å². The molecule has 0 aliphatic heterocycles. The van der Waals surface area contributed by atoms with Crippen molar-refractivity contribution in [3.05, 3.63) is 59.2 Å². The zero-order chi connectivity index (χ0) is 14.5. The number of aliphatic hydroxyl groups is 1. The third kappa shape index (κ3) is 3.31. The van der Waals surface area contributed by atoms with Gasteiger partial charge >= 0.3 is 0 Å². The number of ether oxygens (including phenoxy) is 1. The normalized spacial score (nSPS) is 11.7. The molecule has 0 aliphatic rings. The number of hydrogen-bond acceptors (Lipinski definition) is 4. The number of rotatable bonds is 4. The molecule has 102 valence electrons. The smallest absolute Gasteiger partial charge is 0.140 e. The molecule has 1 heterocycles. The van der Waals surface area contributed by atoms with Crippen LogP contribution in [0.5, 0.6) is 5.75 Å². The highest BCUT2D eigenvalue weighted by Gasteiger charge is 2.10. The fraction of sp³-hybridized carbons (Fsp3) is 0.200. The zero-order valence-electron chi connectivity index (χ0n) is 10.9. The zero-order valence-corrected chi connectivity index (χ0v) is 10.9. The Morgan fingerprint density at radius 1 is 1.40 bits per heavy atom. The number of benzene rings is 1. The van der Waals surface area contributed by atoms with Crippen LogP contribution in [0.25, 0.3) is 0 Å². The summed E-state index contributed by atoms with van der Waals surface area (Å²) >= 11 is 0. The molecule has 1 aromatic heterocycles. The summed E-state index contributed by atoms with van der Waals surface area (Å²) < 4.78 is 18.8. The summed E-state index contributed by atoms with van der Waals surface area (Å²) in [5.74, 6) is -0.146. The van der Waals surface area contributed by atoms with Crippen LogP contribution in [0.1, 0.15) is 29.8 Å². The van der Waals surface area contributed by atoms with Gasteiger partial charge in [-0.1, -0.05) is 0 Å². The molecular weight excluding hydrogens is 259 g/mol. The van der Waals surface area contributed by atoms with E-state index in [1.807, 2.05) is 6.07 Å². The van der Waals surface area contributed by atoms with Crippen LogP contribution in [-0.4, -0.2) is 10.1 Å². The topological polar surface area (TPSA) is 66.1 Å². The summed E-state index contributed by atoms with van der Waals surface area (Å²) in [5, 5.41) is 18.4. The van der Waals surface area contributed by atoms with Gasteiger partial charge in [-0.3, -0.25) is 0 Å². The Bertz CT molecular complexity index is 651. The highest BCUT2D eigenvalue weighted by molar-refractivity contribution is 5.36. The van der Waals surface area contributed by atoms with Crippen molar-refractivity contribution in [2.24, 2.45) is 0 Å². The quantitative estimate of drug-likeness (QED) is 0.929. The standard InChI is InChI=1S/C15H13FN2O2/c1-10(19)14-3-2-12(16)7-15(14)20-9-11-4-5-18-13(6-11)8-17/h2-7,10,19H,9H2,1H3/t10-/m0/s1. The van der Waals surface area contributed by atoms with Crippen LogP contribution in [0.4, 0.5) is 4.39 Å². The van der Waals surface area contributed by atoms with Crippen molar-refractivity contribution in [1.82, 2.24) is 4.98 Å². The molecule has 0 saturated heterocycles. The Balaban J connectivity index is 2.18. The van der Waals surface area contributed by atoms with Gasteiger partial charge in [0.25, 0.3) is 0 Å². The Morgan fingerprint density at radius 2 is 2.20 bits per heavy atom. The molecule has 2 aromatic rings. The van der Waals surface area contributed by atoms with Crippen molar-refractivity contribution in [3.63, 3.8) is 0 Å². The van der Waals surface area contributed by atoms with Gasteiger partial charge in [-0.25, -0.2) is 9.37 Å². The molecule has 0 bridgehead atoms. The molecule has 1 N–H and O–H groups in total. The number of pyridine rings is 1. The van der Waals surface area contributed by atoms with Crippen LogP contribution in [0.3, 0.4) is 0 Å². The van der Waals surface area contributed by atoms with E-state index in [-0.39, 0.29) is 12.4 Å². The Labute approximate surface area is 116 Å². The van der Waals surface area contributed by atoms with Crippen LogP contribution in [-0.2, 0) is 6.61 Å². The fourth-order valence-corrected chi connectivity index (χ4v) is 1.76. The van der Waals surface area contributed by atoms with E-state index in [9.17, 15) is 9.50 Å². The molecule has 5 heteroatoms. The molecule has 0 saturated carbocycles. The molecule has 4 nitrogen and oxygen atoms in total. The molecule has 0 spiro atoms. The van der Waals surface area contributed by atoms with E-state index < -0.39 is 11.9 Å². The summed E-state index contributed by atoms with van der Waals surface area (Å²) in [4.78, 5) is 3.86. The lowest BCUT2D eigenvalue weighted by atomic mass is 10.1. The summed E-state index contributed by atoms with van der Waals surface area (Å²) in [5.41, 5.74) is 1.56. The lowest BCUT2D eigenvalue weighted by Gasteiger charge is -2.13. The van der Waals surface area contributed by atoms with Gasteiger partial charge in [-0.15, -0.1) is 0 Å². The van der Waals surface area contributed by atoms with E-state index >= 15 is 0 Å². The molecular formula is C15H13FN2O2. The highest BCUT2D eigenvalue weighted by Crippen LogP contribution is 2.26. The second kappa shape index (κ2) is 6.13. The van der Waals surface area contributed by atoms with Crippen LogP contribution in [0.15, 0.2) is 36.5 Å². The minimum atomic E-state index is -0.752. The molecule has 1 aromatic carbocycles. The van der Waals surface area contributed by atoms with Gasteiger partial charge in [0.05, 0.1) is 6.10 Å². The Morgan fingerprint density at radius 3 is 2.90 bits per heavy atom. The molecule has 0 unspecified atom stereocenters. The number of hydrogen-bond donors (Lipinski definition) is 1. The largest absolute Gasteiger partial charge is 0.488 e. The summed E-state index contributed by atoms with van der Waals surface area (Å²) in [6.45, 7) is 1.75. The number of aliphatic hydroxyl groups excluding tert-OH is 1. The third-order valence-electron chi connectivity index (χ3n) is 2.76. The average molecular weight is 272 g/mol. The molecule has 0 amide bonds. The van der Waals surface area contributed by atoms with Crippen molar-refractivity contribution >= 4 is 0 Å². The lowest BCUT2D eigenvalue weighted by Crippen LogP contribution is -2.02. The maximum Gasteiger partial charge on any atom is 0.140 e. The summed E-state index contributed by atoms with van der Waals surface area (Å²) in [7, 11) is 0. The van der Waals surface area contributed by atoms with Gasteiger partial charge in [0.1, 0.15) is 29.9 Å². The first kappa shape index (κ1) is 14.0. The van der Waals surface area contributed by atoms with Crippen LogP contribution >= 0.6 is 0 Å². The third-order valence-corrected chi connectivity index (χ3v) is 2.76. The first-order valence-electron chi connectivity index (χ1n) is 6.05. The van der Waals surface area contributed by atoms with E-state index in [1.54, 1.807) is 19.1 Å². The van der Waals surface area contributed by atoms with Gasteiger partial charge in [0.2, 0.25) is 0 Å². The van der Waals surface area contributed by atoms with Crippen LogP contribution in [0, 0.1) is 17.1 Å². The van der Waals surface area contributed by atoms with Gasteiger partial charge < -0.3 is 9.84 Å². The fourth-order valence-electron chi connectivity index (χ4n) is 1.76. The Hall–Kier alpha value is -2.45. The van der Waals surface area contributed by atoms with E-state index in [4.69, 9.17) is 10.00 Å². The number of aromatic nitrogens is 1. The van der Waals surface area contributed by atoms with Gasteiger partial charge in [-0.05, 0) is 36.8 Å². The molecule has 0 aliphatic carbocycles. The first-order valence-corrected chi connectivity index (χ1v) is 6.05. The van der Waals surface area contributed by atoms with E-state index in [0.717, 1.165) is 5.56 Å². The second-order valence-corrected chi connectivity index (χ2v) is 4.31. The maximum atomic E-state index is 13.2. The second-order valence-electron chi connectivity index (χ2n) is 4.31. The monoisotopic (exact) mass is 272 g/mol. The number of halogens is 1. The SMILES string of the molecule is C[C@H](O)c1ccc(F)cc1OCc1ccnc(C#N)c1. The van der Waals surface area contributed by atoms with E-state index in [1.165, 1.54) is 24.4 Å². The first-order chi connectivity index (χ1) is 9.60.